The zero-order valence-electron chi connectivity index (χ0n) is 18.0. The molecule has 0 aromatic heterocycles. The van der Waals surface area contributed by atoms with Crippen LogP contribution in [0.4, 0.5) is 0 Å². The number of halogens is 6. The molecule has 11 heteroatoms. The van der Waals surface area contributed by atoms with Gasteiger partial charge in [-0.3, -0.25) is 0 Å². The Morgan fingerprint density at radius 1 is 0.794 bits per heavy atom. The van der Waals surface area contributed by atoms with Gasteiger partial charge in [-0.15, -0.1) is 0 Å². The lowest BCUT2D eigenvalue weighted by molar-refractivity contribution is 0.174. The summed E-state index contributed by atoms with van der Waals surface area (Å²) in [6, 6.07) is 10.7. The normalized spacial score (nSPS) is 11.0. The molecule has 0 N–H and O–H groups in total. The number of hydrogen-bond acceptors (Lipinski definition) is 5. The molecule has 0 saturated heterocycles. The van der Waals surface area contributed by atoms with Crippen molar-refractivity contribution in [3.63, 3.8) is 0 Å². The van der Waals surface area contributed by atoms with Crippen LogP contribution >= 0.6 is 69.6 Å². The van der Waals surface area contributed by atoms with Crippen LogP contribution in [0.5, 0.6) is 17.2 Å². The van der Waals surface area contributed by atoms with E-state index in [0.717, 1.165) is 11.3 Å². The molecular formula is C23H21Cl6NO4. The molecule has 0 aliphatic heterocycles. The van der Waals surface area contributed by atoms with Crippen molar-refractivity contribution < 1.29 is 19.0 Å². The van der Waals surface area contributed by atoms with Gasteiger partial charge < -0.3 is 19.0 Å². The summed E-state index contributed by atoms with van der Waals surface area (Å²) >= 11 is 34.6. The predicted octanol–water partition coefficient (Wildman–Crippen LogP) is 8.60. The van der Waals surface area contributed by atoms with Crippen LogP contribution in [0, 0.1) is 0 Å². The van der Waals surface area contributed by atoms with Crippen molar-refractivity contribution in [1.29, 1.82) is 0 Å². The van der Waals surface area contributed by atoms with Crippen LogP contribution in [0.2, 0.25) is 10.0 Å². The monoisotopic (exact) mass is 585 g/mol. The van der Waals surface area contributed by atoms with Gasteiger partial charge in [0.05, 0.1) is 29.0 Å². The van der Waals surface area contributed by atoms with Crippen molar-refractivity contribution in [2.24, 2.45) is 5.16 Å². The minimum Gasteiger partial charge on any atom is -0.493 e. The van der Waals surface area contributed by atoms with Crippen LogP contribution < -0.4 is 14.2 Å². The van der Waals surface area contributed by atoms with Gasteiger partial charge in [-0.2, -0.15) is 0 Å². The molecule has 0 aliphatic rings. The Kier molecular flexibility index (Phi) is 13.1. The van der Waals surface area contributed by atoms with Gasteiger partial charge in [0.15, 0.2) is 5.75 Å². The SMILES string of the molecule is CC(=NOCC=C(Cl)Cl)c1ccc(OCCCOc2c(Cl)cc(OCC=C(Cl)Cl)cc2Cl)cc1. The fourth-order valence-electron chi connectivity index (χ4n) is 2.46. The number of ether oxygens (including phenoxy) is 3. The van der Waals surface area contributed by atoms with E-state index in [1.807, 2.05) is 31.2 Å². The quantitative estimate of drug-likeness (QED) is 0.134. The summed E-state index contributed by atoms with van der Waals surface area (Å²) in [5.74, 6) is 1.58. The van der Waals surface area contributed by atoms with E-state index >= 15 is 0 Å². The third-order valence-corrected chi connectivity index (χ3v) is 5.23. The Morgan fingerprint density at radius 3 is 2.00 bits per heavy atom. The van der Waals surface area contributed by atoms with E-state index in [-0.39, 0.29) is 22.2 Å². The summed E-state index contributed by atoms with van der Waals surface area (Å²) in [4.78, 5) is 5.13. The van der Waals surface area contributed by atoms with Gasteiger partial charge >= 0.3 is 0 Å². The van der Waals surface area contributed by atoms with Crippen molar-refractivity contribution in [3.05, 3.63) is 73.1 Å². The molecule has 0 fully saturated rings. The third kappa shape index (κ3) is 10.9. The molecule has 0 spiro atoms. The Labute approximate surface area is 228 Å². The second-order valence-electron chi connectivity index (χ2n) is 6.56. The molecule has 0 heterocycles. The first-order valence-electron chi connectivity index (χ1n) is 9.93. The molecule has 0 amide bonds. The highest BCUT2D eigenvalue weighted by molar-refractivity contribution is 6.56. The number of rotatable bonds is 13. The van der Waals surface area contributed by atoms with Crippen LogP contribution in [-0.2, 0) is 4.84 Å². The molecular weight excluding hydrogens is 567 g/mol. The zero-order valence-corrected chi connectivity index (χ0v) is 22.5. The van der Waals surface area contributed by atoms with Crippen LogP contribution in [0.25, 0.3) is 0 Å². The molecule has 34 heavy (non-hydrogen) atoms. The van der Waals surface area contributed by atoms with E-state index in [9.17, 15) is 0 Å². The second-order valence-corrected chi connectivity index (χ2v) is 9.39. The maximum absolute atomic E-state index is 6.26. The van der Waals surface area contributed by atoms with Gasteiger partial charge in [0.25, 0.3) is 0 Å². The Bertz CT molecular complexity index is 994. The minimum atomic E-state index is 0.117. The molecule has 184 valence electrons. The van der Waals surface area contributed by atoms with Crippen molar-refractivity contribution in [2.45, 2.75) is 13.3 Å². The van der Waals surface area contributed by atoms with E-state index < -0.39 is 0 Å². The van der Waals surface area contributed by atoms with Crippen molar-refractivity contribution >= 4 is 75.3 Å². The maximum Gasteiger partial charge on any atom is 0.156 e. The smallest absolute Gasteiger partial charge is 0.156 e. The summed E-state index contributed by atoms with van der Waals surface area (Å²) < 4.78 is 17.2. The maximum atomic E-state index is 6.26. The molecule has 0 unspecified atom stereocenters. The molecule has 0 atom stereocenters. The first-order chi connectivity index (χ1) is 16.3. The number of nitrogens with zero attached hydrogens (tertiary/aromatic N) is 1. The van der Waals surface area contributed by atoms with Crippen LogP contribution in [0.3, 0.4) is 0 Å². The van der Waals surface area contributed by atoms with Gasteiger partial charge in [0.2, 0.25) is 0 Å². The molecule has 0 saturated carbocycles. The lowest BCUT2D eigenvalue weighted by atomic mass is 10.1. The average Bonchev–Trinajstić information content (AvgIpc) is 2.78. The number of hydrogen-bond donors (Lipinski definition) is 0. The molecule has 2 rings (SSSR count). The molecule has 0 bridgehead atoms. The van der Waals surface area contributed by atoms with E-state index in [2.05, 4.69) is 5.16 Å². The zero-order chi connectivity index (χ0) is 24.9. The lowest BCUT2D eigenvalue weighted by Gasteiger charge is -2.12. The molecule has 2 aromatic carbocycles. The Morgan fingerprint density at radius 2 is 1.38 bits per heavy atom. The first-order valence-corrected chi connectivity index (χ1v) is 12.2. The van der Waals surface area contributed by atoms with Gasteiger partial charge in [0, 0.05) is 18.6 Å². The van der Waals surface area contributed by atoms with Crippen molar-refractivity contribution in [2.75, 3.05) is 26.4 Å². The molecule has 2 aromatic rings. The lowest BCUT2D eigenvalue weighted by Crippen LogP contribution is -2.06. The number of oxime groups is 1. The van der Waals surface area contributed by atoms with Gasteiger partial charge in [0.1, 0.15) is 33.7 Å². The number of benzene rings is 2. The van der Waals surface area contributed by atoms with Gasteiger partial charge in [-0.25, -0.2) is 0 Å². The van der Waals surface area contributed by atoms with Gasteiger partial charge in [-0.1, -0.05) is 74.8 Å². The summed E-state index contributed by atoms with van der Waals surface area (Å²) in [6.07, 6.45) is 3.63. The minimum absolute atomic E-state index is 0.117. The summed E-state index contributed by atoms with van der Waals surface area (Å²) in [5.41, 5.74) is 1.61. The fraction of sp³-hybridized carbons (Fsp3) is 0.261. The summed E-state index contributed by atoms with van der Waals surface area (Å²) in [5, 5.41) is 4.68. The highest BCUT2D eigenvalue weighted by Gasteiger charge is 2.11. The Hall–Kier alpha value is -1.47. The largest absolute Gasteiger partial charge is 0.493 e. The highest BCUT2D eigenvalue weighted by Crippen LogP contribution is 2.37. The molecule has 5 nitrogen and oxygen atoms in total. The van der Waals surface area contributed by atoms with Crippen molar-refractivity contribution in [3.8, 4) is 17.2 Å². The van der Waals surface area contributed by atoms with E-state index in [0.29, 0.717) is 46.9 Å². The topological polar surface area (TPSA) is 49.3 Å². The van der Waals surface area contributed by atoms with Crippen LogP contribution in [0.15, 0.2) is 62.7 Å². The van der Waals surface area contributed by atoms with E-state index in [1.54, 1.807) is 12.1 Å². The summed E-state index contributed by atoms with van der Waals surface area (Å²) in [6.45, 7) is 3.03. The van der Waals surface area contributed by atoms with Crippen LogP contribution in [-0.4, -0.2) is 32.1 Å². The fourth-order valence-corrected chi connectivity index (χ4v) is 3.29. The van der Waals surface area contributed by atoms with Gasteiger partial charge in [-0.05, 0) is 48.9 Å². The van der Waals surface area contributed by atoms with E-state index in [1.165, 1.54) is 12.2 Å². The highest BCUT2D eigenvalue weighted by atomic mass is 35.5. The molecule has 0 radical (unpaired) electrons. The Balaban J connectivity index is 1.76. The molecule has 0 aliphatic carbocycles. The summed E-state index contributed by atoms with van der Waals surface area (Å²) in [7, 11) is 0. The van der Waals surface area contributed by atoms with E-state index in [4.69, 9.17) is 88.7 Å². The second kappa shape index (κ2) is 15.5. The van der Waals surface area contributed by atoms with Crippen molar-refractivity contribution in [1.82, 2.24) is 0 Å². The third-order valence-electron chi connectivity index (χ3n) is 4.05. The first kappa shape index (κ1) is 28.8. The average molecular weight is 588 g/mol. The van der Waals surface area contributed by atoms with Crippen LogP contribution in [0.1, 0.15) is 18.9 Å². The standard InChI is InChI=1S/C23H21Cl6NO4/c1-15(30-34-12-8-22(28)29)16-3-5-17(6-4-16)31-9-2-10-33-23-19(24)13-18(14-20(23)25)32-11-7-21(26)27/h3-8,13-14H,2,9-12H2,1H3. The predicted molar refractivity (Wildman–Crippen MR) is 142 cm³/mol.